The van der Waals surface area contributed by atoms with Crippen LogP contribution in [-0.2, 0) is 4.84 Å². The molecule has 0 aliphatic carbocycles. The molecule has 6 heteroatoms. The quantitative estimate of drug-likeness (QED) is 0.451. The van der Waals surface area contributed by atoms with Gasteiger partial charge in [-0.25, -0.2) is 8.78 Å². The minimum absolute atomic E-state index is 0.00431. The Kier molecular flexibility index (Phi) is 4.04. The Balaban J connectivity index is 3.21. The molecule has 0 saturated heterocycles. The number of benzene rings is 1. The zero-order valence-corrected chi connectivity index (χ0v) is 8.78. The maximum atomic E-state index is 13.4. The lowest BCUT2D eigenvalue weighted by Crippen LogP contribution is -2.17. The first kappa shape index (κ1) is 12.2. The molecule has 0 spiro atoms. The molecular formula is C10H10F2N2O2. The van der Waals surface area contributed by atoms with Crippen molar-refractivity contribution < 1.29 is 13.6 Å². The summed E-state index contributed by atoms with van der Waals surface area (Å²) in [5.74, 6) is -1.52. The van der Waals surface area contributed by atoms with Crippen molar-refractivity contribution in [2.75, 3.05) is 7.11 Å². The normalized spacial score (nSPS) is 13.4. The lowest BCUT2D eigenvalue weighted by Gasteiger charge is -2.08. The molecule has 1 unspecified atom stereocenters. The van der Waals surface area contributed by atoms with Gasteiger partial charge in [0.1, 0.15) is 30.5 Å². The largest absolute Gasteiger partial charge is 0.399 e. The van der Waals surface area contributed by atoms with Crippen molar-refractivity contribution in [3.8, 4) is 0 Å². The van der Waals surface area contributed by atoms with Gasteiger partial charge in [-0.3, -0.25) is 0 Å². The van der Waals surface area contributed by atoms with Crippen molar-refractivity contribution >= 4 is 5.71 Å². The molecule has 0 amide bonds. The summed E-state index contributed by atoms with van der Waals surface area (Å²) in [7, 11) is 1.26. The maximum absolute atomic E-state index is 13.4. The average Bonchev–Trinajstić information content (AvgIpc) is 2.26. The smallest absolute Gasteiger partial charge is 0.135 e. The van der Waals surface area contributed by atoms with E-state index in [0.29, 0.717) is 6.07 Å². The Morgan fingerprint density at radius 3 is 2.62 bits per heavy atom. The van der Waals surface area contributed by atoms with Gasteiger partial charge in [-0.1, -0.05) is 10.3 Å². The molecule has 0 aliphatic heterocycles. The third-order valence-corrected chi connectivity index (χ3v) is 1.95. The summed E-state index contributed by atoms with van der Waals surface area (Å²) in [5, 5.41) is 6.24. The molecule has 1 atom stereocenters. The minimum Gasteiger partial charge on any atom is -0.399 e. The van der Waals surface area contributed by atoms with Crippen molar-refractivity contribution in [2.24, 2.45) is 10.3 Å². The third kappa shape index (κ3) is 2.59. The fourth-order valence-electron chi connectivity index (χ4n) is 1.20. The number of hydrogen-bond donors (Lipinski definition) is 0. The summed E-state index contributed by atoms with van der Waals surface area (Å²) in [6.45, 7) is 1.44. The van der Waals surface area contributed by atoms with Crippen LogP contribution in [0.3, 0.4) is 0 Å². The molecule has 16 heavy (non-hydrogen) atoms. The molecule has 0 fully saturated rings. The van der Waals surface area contributed by atoms with E-state index in [4.69, 9.17) is 0 Å². The van der Waals surface area contributed by atoms with Crippen LogP contribution in [0.15, 0.2) is 28.5 Å². The van der Waals surface area contributed by atoms with Crippen LogP contribution in [0, 0.1) is 16.5 Å². The van der Waals surface area contributed by atoms with Crippen LogP contribution in [0.1, 0.15) is 12.5 Å². The highest BCUT2D eigenvalue weighted by Gasteiger charge is 2.18. The molecule has 0 aliphatic rings. The highest BCUT2D eigenvalue weighted by molar-refractivity contribution is 6.04. The molecular weight excluding hydrogens is 218 g/mol. The Morgan fingerprint density at radius 2 is 2.12 bits per heavy atom. The third-order valence-electron chi connectivity index (χ3n) is 1.95. The first-order valence-corrected chi connectivity index (χ1v) is 4.49. The van der Waals surface area contributed by atoms with Gasteiger partial charge in [-0.15, -0.1) is 0 Å². The number of nitrogens with zero attached hydrogens (tertiary/aromatic N) is 2. The Labute approximate surface area is 90.9 Å². The molecule has 0 heterocycles. The van der Waals surface area contributed by atoms with Crippen LogP contribution < -0.4 is 0 Å². The predicted octanol–water partition coefficient (Wildman–Crippen LogP) is 2.47. The van der Waals surface area contributed by atoms with Crippen LogP contribution >= 0.6 is 0 Å². The summed E-state index contributed by atoms with van der Waals surface area (Å²) < 4.78 is 26.1. The first-order chi connectivity index (χ1) is 7.60. The van der Waals surface area contributed by atoms with Gasteiger partial charge in [-0.05, 0) is 19.1 Å². The number of halogens is 2. The lowest BCUT2D eigenvalue weighted by molar-refractivity contribution is 0.212. The zero-order valence-electron chi connectivity index (χ0n) is 8.78. The second kappa shape index (κ2) is 5.29. The van der Waals surface area contributed by atoms with E-state index >= 15 is 0 Å². The van der Waals surface area contributed by atoms with Crippen molar-refractivity contribution in [1.29, 1.82) is 0 Å². The van der Waals surface area contributed by atoms with Crippen LogP contribution in [0.5, 0.6) is 0 Å². The van der Waals surface area contributed by atoms with Gasteiger partial charge >= 0.3 is 0 Å². The number of hydrogen-bond acceptors (Lipinski definition) is 4. The van der Waals surface area contributed by atoms with Crippen molar-refractivity contribution in [3.05, 3.63) is 40.3 Å². The highest BCUT2D eigenvalue weighted by Crippen LogP contribution is 2.14. The molecule has 1 aromatic carbocycles. The van der Waals surface area contributed by atoms with E-state index < -0.39 is 17.7 Å². The highest BCUT2D eigenvalue weighted by atomic mass is 19.1. The van der Waals surface area contributed by atoms with E-state index in [1.54, 1.807) is 0 Å². The summed E-state index contributed by atoms with van der Waals surface area (Å²) in [6, 6.07) is 2.09. The van der Waals surface area contributed by atoms with Gasteiger partial charge in [0, 0.05) is 11.6 Å². The van der Waals surface area contributed by atoms with E-state index in [9.17, 15) is 13.7 Å². The molecule has 0 N–H and O–H groups in total. The van der Waals surface area contributed by atoms with Crippen LogP contribution in [0.4, 0.5) is 8.78 Å². The van der Waals surface area contributed by atoms with E-state index in [2.05, 4.69) is 15.2 Å². The van der Waals surface area contributed by atoms with Crippen LogP contribution in [-0.4, -0.2) is 18.9 Å². The molecule has 4 nitrogen and oxygen atoms in total. The molecule has 1 rings (SSSR count). The topological polar surface area (TPSA) is 51.0 Å². The molecule has 86 valence electrons. The second-order valence-corrected chi connectivity index (χ2v) is 3.06. The van der Waals surface area contributed by atoms with E-state index in [1.807, 2.05) is 0 Å². The number of nitroso groups, excluding NO2 is 1. The Bertz CT molecular complexity index is 421. The fourth-order valence-corrected chi connectivity index (χ4v) is 1.20. The summed E-state index contributed by atoms with van der Waals surface area (Å²) in [5.41, 5.74) is 0.0188. The molecule has 0 aromatic heterocycles. The Hall–Kier alpha value is -1.85. The average molecular weight is 228 g/mol. The number of rotatable bonds is 4. The molecule has 0 bridgehead atoms. The minimum atomic E-state index is -0.875. The molecule has 0 radical (unpaired) electrons. The summed E-state index contributed by atoms with van der Waals surface area (Å²) >= 11 is 0. The van der Waals surface area contributed by atoms with E-state index in [1.165, 1.54) is 20.1 Å². The van der Waals surface area contributed by atoms with Crippen molar-refractivity contribution in [1.82, 2.24) is 0 Å². The van der Waals surface area contributed by atoms with Crippen LogP contribution in [0.25, 0.3) is 0 Å². The van der Waals surface area contributed by atoms with Gasteiger partial charge in [0.05, 0.1) is 0 Å². The fraction of sp³-hybridized carbons (Fsp3) is 0.300. The second-order valence-electron chi connectivity index (χ2n) is 3.06. The summed E-state index contributed by atoms with van der Waals surface area (Å²) in [4.78, 5) is 14.9. The van der Waals surface area contributed by atoms with Gasteiger partial charge < -0.3 is 4.84 Å². The lowest BCUT2D eigenvalue weighted by atomic mass is 10.0. The zero-order chi connectivity index (χ0) is 12.1. The van der Waals surface area contributed by atoms with Crippen LogP contribution in [0.2, 0.25) is 0 Å². The van der Waals surface area contributed by atoms with Gasteiger partial charge in [0.2, 0.25) is 0 Å². The predicted molar refractivity (Wildman–Crippen MR) is 55.2 cm³/mol. The summed E-state index contributed by atoms with van der Waals surface area (Å²) in [6.07, 6.45) is 0. The Morgan fingerprint density at radius 1 is 1.44 bits per heavy atom. The van der Waals surface area contributed by atoms with Crippen molar-refractivity contribution in [2.45, 2.75) is 13.0 Å². The first-order valence-electron chi connectivity index (χ1n) is 4.49. The van der Waals surface area contributed by atoms with Gasteiger partial charge in [-0.2, -0.15) is 4.91 Å². The molecule has 1 aromatic rings. The SMILES string of the molecule is CON=C(c1ccc(F)cc1F)C(C)N=O. The van der Waals surface area contributed by atoms with Gasteiger partial charge in [0.25, 0.3) is 0 Å². The standard InChI is InChI=1S/C10H10F2N2O2/c1-6(13-15)10(14-16-2)8-4-3-7(11)5-9(8)12/h3-6H,1-2H3. The molecule has 0 saturated carbocycles. The van der Waals surface area contributed by atoms with E-state index in [0.717, 1.165) is 6.07 Å². The maximum Gasteiger partial charge on any atom is 0.135 e. The number of oxime groups is 1. The van der Waals surface area contributed by atoms with Gasteiger partial charge in [0.15, 0.2) is 0 Å². The van der Waals surface area contributed by atoms with Crippen molar-refractivity contribution in [3.63, 3.8) is 0 Å². The monoisotopic (exact) mass is 228 g/mol. The van der Waals surface area contributed by atoms with E-state index in [-0.39, 0.29) is 11.3 Å².